The van der Waals surface area contributed by atoms with E-state index in [2.05, 4.69) is 15.4 Å². The van der Waals surface area contributed by atoms with Gasteiger partial charge in [0.25, 0.3) is 10.0 Å². The lowest BCUT2D eigenvalue weighted by molar-refractivity contribution is -0.120. The number of sulfonamides is 1. The molecule has 1 aliphatic heterocycles. The maximum Gasteiger partial charge on any atom is 0.252 e. The molecule has 1 atom stereocenters. The highest BCUT2D eigenvalue weighted by Gasteiger charge is 2.34. The van der Waals surface area contributed by atoms with E-state index in [1.807, 2.05) is 18.2 Å². The summed E-state index contributed by atoms with van der Waals surface area (Å²) in [5.74, 6) is -0.606. The number of para-hydroxylation sites is 2. The summed E-state index contributed by atoms with van der Waals surface area (Å²) in [5, 5.41) is 8.77. The summed E-state index contributed by atoms with van der Waals surface area (Å²) in [7, 11) is -3.55. The minimum Gasteiger partial charge on any atom is -0.324 e. The number of nitrogens with zero attached hydrogens (tertiary/aromatic N) is 4. The number of hydrogen-bond donors (Lipinski definition) is 1. The molecular formula is C18H19N5O3S2. The first-order chi connectivity index (χ1) is 13.6. The predicted octanol–water partition coefficient (Wildman–Crippen LogP) is 2.37. The molecule has 1 aliphatic rings. The minimum atomic E-state index is -3.55. The van der Waals surface area contributed by atoms with Crippen LogP contribution in [0.1, 0.15) is 12.8 Å². The Morgan fingerprint density at radius 2 is 2.07 bits per heavy atom. The lowest BCUT2D eigenvalue weighted by atomic mass is 9.98. The molecule has 0 spiro atoms. The monoisotopic (exact) mass is 417 g/mol. The number of hydrogen-bond acceptors (Lipinski definition) is 6. The summed E-state index contributed by atoms with van der Waals surface area (Å²) in [6.07, 6.45) is 4.27. The van der Waals surface area contributed by atoms with Crippen molar-refractivity contribution < 1.29 is 13.2 Å². The standard InChI is InChI=1S/C18H19N5O3S2/c24-18(21-15-6-1-2-7-16(15)23-13-19-12-20-23)14-5-3-9-22(11-14)28(25,26)17-8-4-10-27-17/h1-2,4,6-8,10,12-14H,3,5,9,11H2,(H,21,24). The zero-order valence-electron chi connectivity index (χ0n) is 14.9. The van der Waals surface area contributed by atoms with Crippen LogP contribution in [0.25, 0.3) is 5.69 Å². The molecular weight excluding hydrogens is 398 g/mol. The van der Waals surface area contributed by atoms with Gasteiger partial charge in [0, 0.05) is 13.1 Å². The number of carbonyl (C=O) groups excluding carboxylic acids is 1. The van der Waals surface area contributed by atoms with Crippen LogP contribution in [0, 0.1) is 5.92 Å². The summed E-state index contributed by atoms with van der Waals surface area (Å²) < 4.78 is 28.8. The van der Waals surface area contributed by atoms with Gasteiger partial charge in [0.1, 0.15) is 16.9 Å². The third-order valence-corrected chi connectivity index (χ3v) is 7.91. The van der Waals surface area contributed by atoms with Gasteiger partial charge in [0.15, 0.2) is 0 Å². The van der Waals surface area contributed by atoms with Crippen molar-refractivity contribution >= 4 is 33.0 Å². The van der Waals surface area contributed by atoms with Crippen molar-refractivity contribution in [1.29, 1.82) is 0 Å². The quantitative estimate of drug-likeness (QED) is 0.687. The Hall–Kier alpha value is -2.56. The Kier molecular flexibility index (Phi) is 5.25. The van der Waals surface area contributed by atoms with Crippen molar-refractivity contribution in [2.24, 2.45) is 5.92 Å². The maximum atomic E-state index is 12.9. The van der Waals surface area contributed by atoms with Crippen LogP contribution in [0.3, 0.4) is 0 Å². The zero-order chi connectivity index (χ0) is 19.6. The number of rotatable bonds is 5. The smallest absolute Gasteiger partial charge is 0.252 e. The lowest BCUT2D eigenvalue weighted by Crippen LogP contribution is -2.43. The summed E-state index contributed by atoms with van der Waals surface area (Å²) in [6, 6.07) is 10.6. The van der Waals surface area contributed by atoms with Crippen molar-refractivity contribution in [2.45, 2.75) is 17.1 Å². The molecule has 8 nitrogen and oxygen atoms in total. The van der Waals surface area contributed by atoms with Crippen molar-refractivity contribution in [1.82, 2.24) is 19.1 Å². The second kappa shape index (κ2) is 7.82. The molecule has 2 aromatic heterocycles. The van der Waals surface area contributed by atoms with E-state index < -0.39 is 15.9 Å². The zero-order valence-corrected chi connectivity index (χ0v) is 16.6. The van der Waals surface area contributed by atoms with E-state index >= 15 is 0 Å². The SMILES string of the molecule is O=C(Nc1ccccc1-n1cncn1)C1CCCN(S(=O)(=O)c2cccs2)C1. The molecule has 1 unspecified atom stereocenters. The molecule has 3 aromatic rings. The number of benzene rings is 1. The highest BCUT2D eigenvalue weighted by atomic mass is 32.2. The van der Waals surface area contributed by atoms with Gasteiger partial charge in [-0.2, -0.15) is 9.40 Å². The number of nitrogens with one attached hydrogen (secondary N) is 1. The second-order valence-electron chi connectivity index (χ2n) is 6.48. The number of aromatic nitrogens is 3. The molecule has 10 heteroatoms. The van der Waals surface area contributed by atoms with Gasteiger partial charge in [0.05, 0.1) is 17.3 Å². The first-order valence-electron chi connectivity index (χ1n) is 8.84. The third-order valence-electron chi connectivity index (χ3n) is 4.67. The largest absolute Gasteiger partial charge is 0.324 e. The van der Waals surface area contributed by atoms with Crippen LogP contribution in [0.4, 0.5) is 5.69 Å². The van der Waals surface area contributed by atoms with E-state index in [0.29, 0.717) is 35.0 Å². The summed E-state index contributed by atoms with van der Waals surface area (Å²) in [5.41, 5.74) is 1.31. The Labute approximate surface area is 166 Å². The van der Waals surface area contributed by atoms with E-state index in [-0.39, 0.29) is 12.5 Å². The molecule has 146 valence electrons. The van der Waals surface area contributed by atoms with E-state index in [4.69, 9.17) is 0 Å². The lowest BCUT2D eigenvalue weighted by Gasteiger charge is -2.30. The minimum absolute atomic E-state index is 0.178. The topological polar surface area (TPSA) is 97.2 Å². The van der Waals surface area contributed by atoms with Gasteiger partial charge in [-0.05, 0) is 36.4 Å². The molecule has 1 fully saturated rings. The van der Waals surface area contributed by atoms with Gasteiger partial charge in [-0.25, -0.2) is 18.1 Å². The number of anilines is 1. The van der Waals surface area contributed by atoms with Crippen LogP contribution in [0.15, 0.2) is 58.6 Å². The first-order valence-corrected chi connectivity index (χ1v) is 11.2. The molecule has 4 rings (SSSR count). The van der Waals surface area contributed by atoms with Gasteiger partial charge in [-0.15, -0.1) is 11.3 Å². The van der Waals surface area contributed by atoms with Gasteiger partial charge in [-0.3, -0.25) is 4.79 Å². The van der Waals surface area contributed by atoms with E-state index in [9.17, 15) is 13.2 Å². The van der Waals surface area contributed by atoms with Crippen LogP contribution >= 0.6 is 11.3 Å². The van der Waals surface area contributed by atoms with Gasteiger partial charge >= 0.3 is 0 Å². The third kappa shape index (κ3) is 3.71. The van der Waals surface area contributed by atoms with Crippen molar-refractivity contribution in [3.05, 3.63) is 54.4 Å². The van der Waals surface area contributed by atoms with E-state index in [1.54, 1.807) is 34.6 Å². The maximum absolute atomic E-state index is 12.9. The highest BCUT2D eigenvalue weighted by Crippen LogP contribution is 2.27. The summed E-state index contributed by atoms with van der Waals surface area (Å²) >= 11 is 1.19. The fourth-order valence-corrected chi connectivity index (χ4v) is 5.93. The number of piperidine rings is 1. The van der Waals surface area contributed by atoms with Crippen LogP contribution in [0.2, 0.25) is 0 Å². The fourth-order valence-electron chi connectivity index (χ4n) is 3.26. The first kappa shape index (κ1) is 18.8. The van der Waals surface area contributed by atoms with Crippen LogP contribution in [0.5, 0.6) is 0 Å². The molecule has 1 saturated heterocycles. The van der Waals surface area contributed by atoms with Crippen molar-refractivity contribution in [3.8, 4) is 5.69 Å². The molecule has 0 radical (unpaired) electrons. The molecule has 1 aromatic carbocycles. The molecule has 3 heterocycles. The normalized spacial score (nSPS) is 18.1. The Bertz CT molecular complexity index is 1050. The summed E-state index contributed by atoms with van der Waals surface area (Å²) in [4.78, 5) is 16.8. The van der Waals surface area contributed by atoms with Gasteiger partial charge < -0.3 is 5.32 Å². The molecule has 1 amide bonds. The second-order valence-corrected chi connectivity index (χ2v) is 9.59. The molecule has 0 aliphatic carbocycles. The number of thiophene rings is 1. The molecule has 0 bridgehead atoms. The Morgan fingerprint density at radius 3 is 2.82 bits per heavy atom. The average Bonchev–Trinajstić information content (AvgIpc) is 3.43. The van der Waals surface area contributed by atoms with Crippen molar-refractivity contribution in [2.75, 3.05) is 18.4 Å². The summed E-state index contributed by atoms with van der Waals surface area (Å²) in [6.45, 7) is 0.608. The number of carbonyl (C=O) groups is 1. The number of amides is 1. The van der Waals surface area contributed by atoms with Crippen molar-refractivity contribution in [3.63, 3.8) is 0 Å². The van der Waals surface area contributed by atoms with E-state index in [0.717, 1.165) is 0 Å². The van der Waals surface area contributed by atoms with Crippen LogP contribution < -0.4 is 5.32 Å². The van der Waals surface area contributed by atoms with Crippen LogP contribution in [-0.2, 0) is 14.8 Å². The van der Waals surface area contributed by atoms with Crippen LogP contribution in [-0.4, -0.2) is 46.5 Å². The Balaban J connectivity index is 1.50. The van der Waals surface area contributed by atoms with E-state index in [1.165, 1.54) is 22.0 Å². The molecule has 28 heavy (non-hydrogen) atoms. The molecule has 0 saturated carbocycles. The van der Waals surface area contributed by atoms with Gasteiger partial charge in [0.2, 0.25) is 5.91 Å². The average molecular weight is 418 g/mol. The Morgan fingerprint density at radius 1 is 1.21 bits per heavy atom. The predicted molar refractivity (Wildman–Crippen MR) is 106 cm³/mol. The highest BCUT2D eigenvalue weighted by molar-refractivity contribution is 7.91. The fraction of sp³-hybridized carbons (Fsp3) is 0.278. The molecule has 1 N–H and O–H groups in total. The van der Waals surface area contributed by atoms with Gasteiger partial charge in [-0.1, -0.05) is 18.2 Å².